The first-order valence-corrected chi connectivity index (χ1v) is 6.53. The molecule has 0 saturated carbocycles. The molecule has 1 unspecified atom stereocenters. The zero-order valence-electron chi connectivity index (χ0n) is 12.0. The second-order valence-corrected chi connectivity index (χ2v) is 4.72. The number of likely N-dealkylation sites (N-methyl/N-ethyl adjacent to an activating group) is 1. The molecule has 0 spiro atoms. The third-order valence-electron chi connectivity index (χ3n) is 2.43. The van der Waals surface area contributed by atoms with Crippen molar-refractivity contribution in [1.29, 1.82) is 0 Å². The fourth-order valence-corrected chi connectivity index (χ4v) is 1.69. The third-order valence-corrected chi connectivity index (χ3v) is 2.43. The minimum absolute atomic E-state index is 0.0451. The highest BCUT2D eigenvalue weighted by Gasteiger charge is 2.12. The average Bonchev–Trinajstić information content (AvgIpc) is 2.27. The van der Waals surface area contributed by atoms with Gasteiger partial charge in [0.25, 0.3) is 0 Å². The summed E-state index contributed by atoms with van der Waals surface area (Å²) in [7, 11) is 0. The molecule has 0 heterocycles. The van der Waals surface area contributed by atoms with Crippen LogP contribution in [0.4, 0.5) is 11.4 Å². The van der Waals surface area contributed by atoms with E-state index in [0.717, 1.165) is 5.69 Å². The van der Waals surface area contributed by atoms with Crippen molar-refractivity contribution < 1.29 is 9.53 Å². The van der Waals surface area contributed by atoms with Gasteiger partial charge in [-0.3, -0.25) is 4.79 Å². The number of anilines is 2. The Labute approximate surface area is 114 Å². The van der Waals surface area contributed by atoms with Crippen LogP contribution in [0.2, 0.25) is 0 Å². The number of nitrogens with two attached hydrogens (primary N) is 1. The summed E-state index contributed by atoms with van der Waals surface area (Å²) in [6.45, 7) is 8.21. The van der Waals surface area contributed by atoms with Crippen molar-refractivity contribution in [2.24, 2.45) is 0 Å². The summed E-state index contributed by atoms with van der Waals surface area (Å²) in [6.07, 6.45) is 0.0791. The minimum Gasteiger partial charge on any atom is -0.491 e. The number of hydrogen-bond donors (Lipinski definition) is 3. The summed E-state index contributed by atoms with van der Waals surface area (Å²) in [5.41, 5.74) is 7.20. The lowest BCUT2D eigenvalue weighted by Crippen LogP contribution is -2.37. The number of rotatable bonds is 6. The molecular formula is C14H23N3O2. The van der Waals surface area contributed by atoms with E-state index >= 15 is 0 Å². The Kier molecular flexibility index (Phi) is 5.48. The molecule has 106 valence electrons. The third kappa shape index (κ3) is 5.07. The summed E-state index contributed by atoms with van der Waals surface area (Å²) in [4.78, 5) is 11.7. The van der Waals surface area contributed by atoms with Gasteiger partial charge < -0.3 is 21.1 Å². The first-order chi connectivity index (χ1) is 8.92. The highest BCUT2D eigenvalue weighted by molar-refractivity contribution is 5.84. The van der Waals surface area contributed by atoms with E-state index in [4.69, 9.17) is 10.5 Å². The first-order valence-electron chi connectivity index (χ1n) is 6.53. The zero-order valence-corrected chi connectivity index (χ0v) is 12.0. The number of carbonyl (C=O) groups is 1. The fourth-order valence-electron chi connectivity index (χ4n) is 1.69. The largest absolute Gasteiger partial charge is 0.491 e. The molecule has 4 N–H and O–H groups in total. The number of carbonyl (C=O) groups excluding carboxylic acids is 1. The van der Waals surface area contributed by atoms with Crippen molar-refractivity contribution in [1.82, 2.24) is 5.32 Å². The van der Waals surface area contributed by atoms with Gasteiger partial charge in [-0.2, -0.15) is 0 Å². The Morgan fingerprint density at radius 2 is 2.00 bits per heavy atom. The summed E-state index contributed by atoms with van der Waals surface area (Å²) in [5, 5.41) is 5.87. The summed E-state index contributed by atoms with van der Waals surface area (Å²) in [5.74, 6) is 0.650. The molecule has 0 radical (unpaired) electrons. The maximum atomic E-state index is 11.7. The van der Waals surface area contributed by atoms with Crippen LogP contribution in [0.1, 0.15) is 27.7 Å². The summed E-state index contributed by atoms with van der Waals surface area (Å²) >= 11 is 0. The Bertz CT molecular complexity index is 433. The van der Waals surface area contributed by atoms with E-state index in [1.165, 1.54) is 0 Å². The quantitative estimate of drug-likeness (QED) is 0.688. The van der Waals surface area contributed by atoms with Gasteiger partial charge in [-0.25, -0.2) is 0 Å². The highest BCUT2D eigenvalue weighted by atomic mass is 16.5. The van der Waals surface area contributed by atoms with Crippen LogP contribution in [0.15, 0.2) is 18.2 Å². The first kappa shape index (κ1) is 15.1. The molecule has 5 heteroatoms. The molecule has 5 nitrogen and oxygen atoms in total. The lowest BCUT2D eigenvalue weighted by molar-refractivity contribution is -0.121. The minimum atomic E-state index is -0.325. The number of hydrogen-bond acceptors (Lipinski definition) is 4. The van der Waals surface area contributed by atoms with E-state index in [9.17, 15) is 4.79 Å². The van der Waals surface area contributed by atoms with Crippen LogP contribution in [0, 0.1) is 0 Å². The Morgan fingerprint density at radius 1 is 1.32 bits per heavy atom. The van der Waals surface area contributed by atoms with Gasteiger partial charge in [-0.05, 0) is 33.8 Å². The predicted molar refractivity (Wildman–Crippen MR) is 78.4 cm³/mol. The Balaban J connectivity index is 2.77. The second kappa shape index (κ2) is 6.87. The Hall–Kier alpha value is -1.91. The van der Waals surface area contributed by atoms with Gasteiger partial charge in [0.2, 0.25) is 5.91 Å². The van der Waals surface area contributed by atoms with Crippen LogP contribution in [-0.4, -0.2) is 24.6 Å². The molecule has 0 saturated heterocycles. The maximum absolute atomic E-state index is 11.7. The Morgan fingerprint density at radius 3 is 2.58 bits per heavy atom. The molecule has 1 aromatic carbocycles. The molecule has 1 atom stereocenters. The van der Waals surface area contributed by atoms with E-state index in [1.54, 1.807) is 19.1 Å². The van der Waals surface area contributed by atoms with Crippen molar-refractivity contribution in [2.45, 2.75) is 39.8 Å². The van der Waals surface area contributed by atoms with Crippen molar-refractivity contribution in [3.63, 3.8) is 0 Å². The van der Waals surface area contributed by atoms with Crippen LogP contribution >= 0.6 is 0 Å². The van der Waals surface area contributed by atoms with E-state index in [1.807, 2.05) is 26.8 Å². The van der Waals surface area contributed by atoms with Gasteiger partial charge in [0.15, 0.2) is 0 Å². The summed E-state index contributed by atoms with van der Waals surface area (Å²) < 4.78 is 5.60. The van der Waals surface area contributed by atoms with E-state index in [0.29, 0.717) is 18.0 Å². The normalized spacial score (nSPS) is 12.1. The second-order valence-electron chi connectivity index (χ2n) is 4.72. The van der Waals surface area contributed by atoms with Gasteiger partial charge in [-0.1, -0.05) is 0 Å². The van der Waals surface area contributed by atoms with Crippen molar-refractivity contribution in [2.75, 3.05) is 17.6 Å². The number of ether oxygens (including phenoxy) is 1. The molecule has 0 aliphatic carbocycles. The molecule has 19 heavy (non-hydrogen) atoms. The van der Waals surface area contributed by atoms with Gasteiger partial charge in [-0.15, -0.1) is 0 Å². The molecule has 0 fully saturated rings. The highest BCUT2D eigenvalue weighted by Crippen LogP contribution is 2.24. The summed E-state index contributed by atoms with van der Waals surface area (Å²) in [6, 6.07) is 5.06. The number of nitrogen functional groups attached to an aromatic ring is 1. The van der Waals surface area contributed by atoms with Crippen LogP contribution in [0.3, 0.4) is 0 Å². The van der Waals surface area contributed by atoms with Gasteiger partial charge in [0, 0.05) is 30.1 Å². The number of amides is 1. The van der Waals surface area contributed by atoms with E-state index in [-0.39, 0.29) is 18.1 Å². The van der Waals surface area contributed by atoms with Crippen LogP contribution in [0.25, 0.3) is 0 Å². The lowest BCUT2D eigenvalue weighted by atomic mass is 10.2. The van der Waals surface area contributed by atoms with Crippen LogP contribution in [0.5, 0.6) is 5.75 Å². The lowest BCUT2D eigenvalue weighted by Gasteiger charge is -2.17. The molecule has 0 bridgehead atoms. The van der Waals surface area contributed by atoms with Crippen LogP contribution < -0.4 is 21.1 Å². The van der Waals surface area contributed by atoms with Gasteiger partial charge in [0.1, 0.15) is 11.8 Å². The molecule has 1 aromatic rings. The monoisotopic (exact) mass is 265 g/mol. The van der Waals surface area contributed by atoms with Crippen molar-refractivity contribution >= 4 is 17.3 Å². The SMILES string of the molecule is CCNC(=O)C(C)Nc1cc(N)cc(OC(C)C)c1. The smallest absolute Gasteiger partial charge is 0.242 e. The predicted octanol–water partition coefficient (Wildman–Crippen LogP) is 1.99. The van der Waals surface area contributed by atoms with Crippen molar-refractivity contribution in [3.05, 3.63) is 18.2 Å². The maximum Gasteiger partial charge on any atom is 0.242 e. The fraction of sp³-hybridized carbons (Fsp3) is 0.500. The standard InChI is InChI=1S/C14H23N3O2/c1-5-16-14(18)10(4)17-12-6-11(15)7-13(8-12)19-9(2)3/h6-10,17H,5,15H2,1-4H3,(H,16,18). The zero-order chi connectivity index (χ0) is 14.4. The topological polar surface area (TPSA) is 76.4 Å². The van der Waals surface area contributed by atoms with Gasteiger partial charge >= 0.3 is 0 Å². The molecule has 0 aromatic heterocycles. The van der Waals surface area contributed by atoms with Crippen molar-refractivity contribution in [3.8, 4) is 5.75 Å². The average molecular weight is 265 g/mol. The van der Waals surface area contributed by atoms with Gasteiger partial charge in [0.05, 0.1) is 6.10 Å². The molecule has 0 aliphatic rings. The number of benzene rings is 1. The molecule has 0 aliphatic heterocycles. The number of nitrogens with one attached hydrogen (secondary N) is 2. The van der Waals surface area contributed by atoms with E-state index < -0.39 is 0 Å². The molecular weight excluding hydrogens is 242 g/mol. The van der Waals surface area contributed by atoms with Crippen LogP contribution in [-0.2, 0) is 4.79 Å². The molecule has 1 rings (SSSR count). The van der Waals surface area contributed by atoms with E-state index in [2.05, 4.69) is 10.6 Å². The molecule has 1 amide bonds.